The van der Waals surface area contributed by atoms with Crippen LogP contribution in [0.15, 0.2) is 28.3 Å². The molecule has 0 spiro atoms. The fraction of sp³-hybridized carbons (Fsp3) is 0.333. The van der Waals surface area contributed by atoms with Crippen LogP contribution < -0.4 is 5.73 Å². The normalized spacial score (nSPS) is 12.7. The van der Waals surface area contributed by atoms with Crippen LogP contribution in [0.4, 0.5) is 4.39 Å². The zero-order valence-electron chi connectivity index (χ0n) is 10.5. The summed E-state index contributed by atoms with van der Waals surface area (Å²) in [6.45, 7) is 3.72. The molecule has 96 valence electrons. The monoisotopic (exact) mass is 266 g/mol. The van der Waals surface area contributed by atoms with E-state index in [-0.39, 0.29) is 11.9 Å². The third kappa shape index (κ3) is 2.54. The number of nitrogens with zero attached hydrogens (tertiary/aromatic N) is 3. The Labute approximate surface area is 109 Å². The lowest BCUT2D eigenvalue weighted by atomic mass is 10.1. The molecule has 2 N–H and O–H groups in total. The van der Waals surface area contributed by atoms with Crippen molar-refractivity contribution >= 4 is 11.8 Å². The summed E-state index contributed by atoms with van der Waals surface area (Å²) in [5.41, 5.74) is 6.64. The van der Waals surface area contributed by atoms with Gasteiger partial charge >= 0.3 is 0 Å². The van der Waals surface area contributed by atoms with Crippen molar-refractivity contribution in [2.75, 3.05) is 0 Å². The first-order valence-electron chi connectivity index (χ1n) is 5.58. The number of halogens is 1. The number of nitrogens with two attached hydrogens (primary N) is 1. The molecule has 18 heavy (non-hydrogen) atoms. The molecule has 0 aliphatic heterocycles. The predicted octanol–water partition coefficient (Wildman–Crippen LogP) is 2.43. The summed E-state index contributed by atoms with van der Waals surface area (Å²) in [5.74, 6) is 0.558. The molecule has 4 nitrogen and oxygen atoms in total. The Balaban J connectivity index is 2.37. The number of hydrogen-bond acceptors (Lipinski definition) is 4. The van der Waals surface area contributed by atoms with Gasteiger partial charge in [-0.05, 0) is 49.4 Å². The molecule has 0 radical (unpaired) electrons. The molecule has 1 atom stereocenters. The van der Waals surface area contributed by atoms with Crippen LogP contribution in [-0.2, 0) is 7.05 Å². The molecular formula is C12H15FN4S. The van der Waals surface area contributed by atoms with E-state index >= 15 is 0 Å². The van der Waals surface area contributed by atoms with Gasteiger partial charge in [0.15, 0.2) is 5.16 Å². The quantitative estimate of drug-likeness (QED) is 0.927. The largest absolute Gasteiger partial charge is 0.324 e. The molecule has 2 aromatic rings. The lowest BCUT2D eigenvalue weighted by molar-refractivity contribution is 0.619. The van der Waals surface area contributed by atoms with Gasteiger partial charge in [0.2, 0.25) is 0 Å². The van der Waals surface area contributed by atoms with Crippen LogP contribution in [0.5, 0.6) is 0 Å². The van der Waals surface area contributed by atoms with E-state index in [4.69, 9.17) is 5.73 Å². The van der Waals surface area contributed by atoms with E-state index in [2.05, 4.69) is 10.2 Å². The minimum Gasteiger partial charge on any atom is -0.324 e. The summed E-state index contributed by atoms with van der Waals surface area (Å²) in [5, 5.41) is 8.83. The number of aromatic nitrogens is 3. The molecule has 1 heterocycles. The van der Waals surface area contributed by atoms with Crippen LogP contribution in [0.2, 0.25) is 0 Å². The van der Waals surface area contributed by atoms with Crippen LogP contribution in [0.3, 0.4) is 0 Å². The van der Waals surface area contributed by atoms with Crippen molar-refractivity contribution in [3.05, 3.63) is 35.4 Å². The Hall–Kier alpha value is -1.40. The average molecular weight is 266 g/mol. The average Bonchev–Trinajstić information content (AvgIpc) is 2.63. The summed E-state index contributed by atoms with van der Waals surface area (Å²) in [6, 6.07) is 4.40. The lowest BCUT2D eigenvalue weighted by Gasteiger charge is -2.11. The van der Waals surface area contributed by atoms with E-state index in [0.29, 0.717) is 0 Å². The van der Waals surface area contributed by atoms with E-state index in [9.17, 15) is 4.39 Å². The predicted molar refractivity (Wildman–Crippen MR) is 68.9 cm³/mol. The van der Waals surface area contributed by atoms with Crippen molar-refractivity contribution in [1.29, 1.82) is 0 Å². The number of hydrogen-bond donors (Lipinski definition) is 1. The fourth-order valence-electron chi connectivity index (χ4n) is 1.54. The van der Waals surface area contributed by atoms with Crippen LogP contribution in [-0.4, -0.2) is 14.8 Å². The van der Waals surface area contributed by atoms with Gasteiger partial charge in [0, 0.05) is 18.0 Å². The van der Waals surface area contributed by atoms with Crippen LogP contribution in [0, 0.1) is 12.7 Å². The topological polar surface area (TPSA) is 56.7 Å². The summed E-state index contributed by atoms with van der Waals surface area (Å²) in [7, 11) is 1.90. The zero-order chi connectivity index (χ0) is 13.3. The van der Waals surface area contributed by atoms with E-state index < -0.39 is 0 Å². The molecule has 6 heteroatoms. The summed E-state index contributed by atoms with van der Waals surface area (Å²) < 4.78 is 15.1. The maximum absolute atomic E-state index is 13.2. The second-order valence-corrected chi connectivity index (χ2v) is 5.17. The Kier molecular flexibility index (Phi) is 3.68. The fourth-order valence-corrected chi connectivity index (χ4v) is 2.59. The van der Waals surface area contributed by atoms with Crippen molar-refractivity contribution in [2.24, 2.45) is 12.8 Å². The van der Waals surface area contributed by atoms with Gasteiger partial charge in [-0.3, -0.25) is 0 Å². The molecule has 0 aliphatic rings. The smallest absolute Gasteiger partial charge is 0.195 e. The maximum atomic E-state index is 13.2. The van der Waals surface area contributed by atoms with Crippen molar-refractivity contribution in [1.82, 2.24) is 14.8 Å². The van der Waals surface area contributed by atoms with E-state index in [1.54, 1.807) is 6.07 Å². The maximum Gasteiger partial charge on any atom is 0.195 e. The molecule has 0 aliphatic carbocycles. The SMILES string of the molecule is Cc1nnc(Sc2ccc(F)cc2[C@H](C)N)n1C. The summed E-state index contributed by atoms with van der Waals surface area (Å²) >= 11 is 1.44. The summed E-state index contributed by atoms with van der Waals surface area (Å²) in [4.78, 5) is 0.905. The highest BCUT2D eigenvalue weighted by Crippen LogP contribution is 2.32. The molecule has 2 rings (SSSR count). The van der Waals surface area contributed by atoms with Crippen LogP contribution in [0.25, 0.3) is 0 Å². The highest BCUT2D eigenvalue weighted by Gasteiger charge is 2.13. The highest BCUT2D eigenvalue weighted by molar-refractivity contribution is 7.99. The van der Waals surface area contributed by atoms with E-state index in [0.717, 1.165) is 21.4 Å². The molecular weight excluding hydrogens is 251 g/mol. The first kappa shape index (κ1) is 13.0. The van der Waals surface area contributed by atoms with Crippen LogP contribution in [0.1, 0.15) is 24.4 Å². The molecule has 0 saturated heterocycles. The molecule has 0 bridgehead atoms. The van der Waals surface area contributed by atoms with Crippen molar-refractivity contribution in [3.8, 4) is 0 Å². The van der Waals surface area contributed by atoms with Gasteiger partial charge in [0.05, 0.1) is 0 Å². The summed E-state index contributed by atoms with van der Waals surface area (Å²) in [6.07, 6.45) is 0. The van der Waals surface area contributed by atoms with Gasteiger partial charge in [0.25, 0.3) is 0 Å². The van der Waals surface area contributed by atoms with E-state index in [1.165, 1.54) is 23.9 Å². The lowest BCUT2D eigenvalue weighted by Crippen LogP contribution is -2.07. The van der Waals surface area contributed by atoms with Gasteiger partial charge in [-0.1, -0.05) is 0 Å². The Bertz CT molecular complexity index is 565. The Morgan fingerprint density at radius 2 is 2.11 bits per heavy atom. The van der Waals surface area contributed by atoms with Crippen molar-refractivity contribution < 1.29 is 4.39 Å². The van der Waals surface area contributed by atoms with Crippen molar-refractivity contribution in [3.63, 3.8) is 0 Å². The minimum atomic E-state index is -0.277. The number of benzene rings is 1. The van der Waals surface area contributed by atoms with Gasteiger partial charge in [-0.2, -0.15) is 0 Å². The molecule has 1 aromatic carbocycles. The standard InChI is InChI=1S/C12H15FN4S/c1-7(14)10-6-9(13)4-5-11(10)18-12-16-15-8(2)17(12)3/h4-7H,14H2,1-3H3/t7-/m0/s1. The molecule has 0 fully saturated rings. The highest BCUT2D eigenvalue weighted by atomic mass is 32.2. The van der Waals surface area contributed by atoms with Crippen LogP contribution >= 0.6 is 11.8 Å². The van der Waals surface area contributed by atoms with E-state index in [1.807, 2.05) is 25.5 Å². The van der Waals surface area contributed by atoms with Crippen molar-refractivity contribution in [2.45, 2.75) is 29.9 Å². The zero-order valence-corrected chi connectivity index (χ0v) is 11.3. The van der Waals surface area contributed by atoms with Gasteiger partial charge < -0.3 is 10.3 Å². The third-order valence-corrected chi connectivity index (χ3v) is 3.85. The molecule has 0 saturated carbocycles. The first-order chi connectivity index (χ1) is 8.49. The van der Waals surface area contributed by atoms with Gasteiger partial charge in [-0.25, -0.2) is 4.39 Å². The number of aryl methyl sites for hydroxylation is 1. The first-order valence-corrected chi connectivity index (χ1v) is 6.39. The second-order valence-electron chi connectivity index (χ2n) is 4.16. The molecule has 0 unspecified atom stereocenters. The molecule has 1 aromatic heterocycles. The Morgan fingerprint density at radius 3 is 2.67 bits per heavy atom. The van der Waals surface area contributed by atoms with Gasteiger partial charge in [0.1, 0.15) is 11.6 Å². The second kappa shape index (κ2) is 5.07. The van der Waals surface area contributed by atoms with Gasteiger partial charge in [-0.15, -0.1) is 10.2 Å². The molecule has 0 amide bonds. The third-order valence-electron chi connectivity index (χ3n) is 2.72. The Morgan fingerprint density at radius 1 is 1.39 bits per heavy atom. The number of rotatable bonds is 3. The minimum absolute atomic E-state index is 0.225.